The molecule has 116 valence electrons. The number of benzene rings is 1. The zero-order valence-electron chi connectivity index (χ0n) is 13.5. The number of nitrogens with zero attached hydrogens (tertiary/aromatic N) is 1. The fourth-order valence-corrected chi connectivity index (χ4v) is 4.48. The van der Waals surface area contributed by atoms with Gasteiger partial charge in [-0.25, -0.2) is 0 Å². The maximum atomic E-state index is 12.4. The van der Waals surface area contributed by atoms with E-state index in [9.17, 15) is 4.79 Å². The number of esters is 1. The summed E-state index contributed by atoms with van der Waals surface area (Å²) in [6, 6.07) is 9.88. The van der Waals surface area contributed by atoms with Gasteiger partial charge in [0.15, 0.2) is 0 Å². The van der Waals surface area contributed by atoms with Crippen LogP contribution in [0.1, 0.15) is 24.8 Å². The van der Waals surface area contributed by atoms with Crippen molar-refractivity contribution in [3.63, 3.8) is 0 Å². The van der Waals surface area contributed by atoms with Crippen LogP contribution in [0.2, 0.25) is 19.6 Å². The van der Waals surface area contributed by atoms with Crippen LogP contribution in [0.5, 0.6) is 0 Å². The van der Waals surface area contributed by atoms with Crippen LogP contribution in [0.4, 0.5) is 0 Å². The first-order valence-corrected chi connectivity index (χ1v) is 11.6. The molecule has 4 heteroatoms. The minimum Gasteiger partial charge on any atom is -0.460 e. The monoisotopic (exact) mass is 305 g/mol. The third kappa shape index (κ3) is 5.29. The summed E-state index contributed by atoms with van der Waals surface area (Å²) in [7, 11) is -1.20. The van der Waals surface area contributed by atoms with Gasteiger partial charge < -0.3 is 4.74 Å². The first-order valence-electron chi connectivity index (χ1n) is 7.90. The average Bonchev–Trinajstić information content (AvgIpc) is 2.45. The van der Waals surface area contributed by atoms with Crippen molar-refractivity contribution in [1.29, 1.82) is 0 Å². The van der Waals surface area contributed by atoms with E-state index in [1.165, 1.54) is 6.42 Å². The molecule has 1 heterocycles. The topological polar surface area (TPSA) is 29.5 Å². The van der Waals surface area contributed by atoms with Crippen molar-refractivity contribution in [3.05, 3.63) is 35.9 Å². The van der Waals surface area contributed by atoms with Gasteiger partial charge in [-0.1, -0.05) is 56.4 Å². The Hall–Kier alpha value is -1.13. The highest BCUT2D eigenvalue weighted by Crippen LogP contribution is 2.20. The van der Waals surface area contributed by atoms with E-state index in [2.05, 4.69) is 24.5 Å². The van der Waals surface area contributed by atoms with E-state index >= 15 is 0 Å². The van der Waals surface area contributed by atoms with Gasteiger partial charge in [-0.2, -0.15) is 0 Å². The molecule has 1 saturated heterocycles. The van der Waals surface area contributed by atoms with Crippen molar-refractivity contribution < 1.29 is 9.53 Å². The first-order chi connectivity index (χ1) is 9.96. The lowest BCUT2D eigenvalue weighted by molar-refractivity contribution is -0.152. The molecular weight excluding hydrogens is 278 g/mol. The summed E-state index contributed by atoms with van der Waals surface area (Å²) in [4.78, 5) is 14.8. The van der Waals surface area contributed by atoms with Gasteiger partial charge in [0.1, 0.15) is 12.6 Å². The second kappa shape index (κ2) is 7.23. The summed E-state index contributed by atoms with van der Waals surface area (Å²) in [6.07, 6.45) is 4.36. The van der Waals surface area contributed by atoms with E-state index in [-0.39, 0.29) is 12.0 Å². The molecule has 1 fully saturated rings. The number of piperidine rings is 1. The summed E-state index contributed by atoms with van der Waals surface area (Å²) >= 11 is 0. The quantitative estimate of drug-likeness (QED) is 0.616. The summed E-state index contributed by atoms with van der Waals surface area (Å²) < 4.78 is 5.55. The van der Waals surface area contributed by atoms with Crippen molar-refractivity contribution in [2.75, 3.05) is 12.7 Å². The molecule has 0 bridgehead atoms. The van der Waals surface area contributed by atoms with Gasteiger partial charge in [-0.15, -0.1) is 0 Å². The third-order valence-electron chi connectivity index (χ3n) is 3.79. The Morgan fingerprint density at radius 1 is 1.24 bits per heavy atom. The molecule has 1 aromatic rings. The Morgan fingerprint density at radius 3 is 2.62 bits per heavy atom. The lowest BCUT2D eigenvalue weighted by atomic mass is 10.0. The van der Waals surface area contributed by atoms with E-state index in [4.69, 9.17) is 4.74 Å². The third-order valence-corrected chi connectivity index (χ3v) is 5.14. The van der Waals surface area contributed by atoms with E-state index in [0.717, 1.165) is 31.1 Å². The Labute approximate surface area is 129 Å². The van der Waals surface area contributed by atoms with Crippen molar-refractivity contribution >= 4 is 14.0 Å². The predicted octanol–water partition coefficient (Wildman–Crippen LogP) is 3.46. The van der Waals surface area contributed by atoms with Crippen LogP contribution in [0.3, 0.4) is 0 Å². The average molecular weight is 305 g/mol. The number of hydrogen-bond acceptors (Lipinski definition) is 3. The van der Waals surface area contributed by atoms with E-state index in [1.54, 1.807) is 0 Å². The van der Waals surface area contributed by atoms with Crippen LogP contribution >= 0.6 is 0 Å². The molecule has 1 aromatic carbocycles. The second-order valence-corrected chi connectivity index (χ2v) is 12.6. The van der Waals surface area contributed by atoms with Gasteiger partial charge >= 0.3 is 5.97 Å². The van der Waals surface area contributed by atoms with Gasteiger partial charge in [-0.3, -0.25) is 9.69 Å². The molecule has 1 aliphatic heterocycles. The molecular formula is C17H27NO2Si. The maximum Gasteiger partial charge on any atom is 0.323 e. The first kappa shape index (κ1) is 16.2. The van der Waals surface area contributed by atoms with Gasteiger partial charge in [0, 0.05) is 0 Å². The molecule has 0 aromatic heterocycles. The molecule has 0 N–H and O–H groups in total. The van der Waals surface area contributed by atoms with Gasteiger partial charge in [0.05, 0.1) is 8.07 Å². The molecule has 1 unspecified atom stereocenters. The molecule has 0 radical (unpaired) electrons. The van der Waals surface area contributed by atoms with Crippen LogP contribution < -0.4 is 0 Å². The largest absolute Gasteiger partial charge is 0.460 e. The lowest BCUT2D eigenvalue weighted by Gasteiger charge is -2.37. The highest BCUT2D eigenvalue weighted by molar-refractivity contribution is 6.76. The van der Waals surface area contributed by atoms with Crippen LogP contribution in [0, 0.1) is 0 Å². The van der Waals surface area contributed by atoms with Crippen LogP contribution in [0.15, 0.2) is 30.3 Å². The number of rotatable bonds is 5. The highest BCUT2D eigenvalue weighted by atomic mass is 28.3. The van der Waals surface area contributed by atoms with Crippen molar-refractivity contribution in [2.24, 2.45) is 0 Å². The molecule has 21 heavy (non-hydrogen) atoms. The highest BCUT2D eigenvalue weighted by Gasteiger charge is 2.32. The number of carbonyl (C=O) groups excluding carboxylic acids is 1. The number of ether oxygens (including phenoxy) is 1. The summed E-state index contributed by atoms with van der Waals surface area (Å²) in [5.74, 6) is -0.0446. The Bertz CT molecular complexity index is 456. The van der Waals surface area contributed by atoms with E-state index in [1.807, 2.05) is 30.3 Å². The molecule has 1 aliphatic rings. The SMILES string of the molecule is C[Si](C)(C)CN1CCCCC1C(=O)OCc1ccccc1. The Kier molecular flexibility index (Phi) is 5.59. The van der Waals surface area contributed by atoms with Crippen LogP contribution in [0.25, 0.3) is 0 Å². The zero-order valence-corrected chi connectivity index (χ0v) is 14.5. The smallest absolute Gasteiger partial charge is 0.323 e. The Morgan fingerprint density at radius 2 is 1.95 bits per heavy atom. The van der Waals surface area contributed by atoms with E-state index < -0.39 is 8.07 Å². The Balaban J connectivity index is 1.92. The zero-order chi connectivity index (χ0) is 15.3. The van der Waals surface area contributed by atoms with Crippen LogP contribution in [-0.2, 0) is 16.1 Å². The molecule has 0 aliphatic carbocycles. The lowest BCUT2D eigenvalue weighted by Crippen LogP contribution is -2.51. The minimum absolute atomic E-state index is 0.0332. The van der Waals surface area contributed by atoms with E-state index in [0.29, 0.717) is 6.61 Å². The summed E-state index contributed by atoms with van der Waals surface area (Å²) in [5.41, 5.74) is 1.05. The fourth-order valence-electron chi connectivity index (χ4n) is 2.88. The van der Waals surface area contributed by atoms with Crippen molar-refractivity contribution in [3.8, 4) is 0 Å². The molecule has 3 nitrogen and oxygen atoms in total. The fraction of sp³-hybridized carbons (Fsp3) is 0.588. The van der Waals surface area contributed by atoms with Gasteiger partial charge in [-0.05, 0) is 31.1 Å². The number of likely N-dealkylation sites (tertiary alicyclic amines) is 1. The molecule has 0 amide bonds. The summed E-state index contributed by atoms with van der Waals surface area (Å²) in [6.45, 7) is 8.49. The minimum atomic E-state index is -1.20. The molecule has 2 rings (SSSR count). The van der Waals surface area contributed by atoms with Gasteiger partial charge in [0.25, 0.3) is 0 Å². The van der Waals surface area contributed by atoms with Crippen LogP contribution in [-0.4, -0.2) is 37.7 Å². The molecule has 1 atom stereocenters. The van der Waals surface area contributed by atoms with Gasteiger partial charge in [0.2, 0.25) is 0 Å². The normalized spacial score (nSPS) is 20.2. The van der Waals surface area contributed by atoms with Crippen molar-refractivity contribution in [2.45, 2.75) is 51.6 Å². The second-order valence-electron chi connectivity index (χ2n) is 7.14. The summed E-state index contributed by atoms with van der Waals surface area (Å²) in [5, 5.41) is 0. The molecule has 0 saturated carbocycles. The number of carbonyl (C=O) groups is 1. The predicted molar refractivity (Wildman–Crippen MR) is 88.8 cm³/mol. The standard InChI is InChI=1S/C17H27NO2Si/c1-21(2,3)14-18-12-8-7-11-16(18)17(19)20-13-15-9-5-4-6-10-15/h4-6,9-10,16H,7-8,11-14H2,1-3H3. The number of hydrogen-bond donors (Lipinski definition) is 0. The van der Waals surface area contributed by atoms with Crippen molar-refractivity contribution in [1.82, 2.24) is 4.90 Å². The maximum absolute atomic E-state index is 12.4. The molecule has 0 spiro atoms.